The van der Waals surface area contributed by atoms with Crippen LogP contribution >= 0.6 is 27.5 Å². The van der Waals surface area contributed by atoms with Gasteiger partial charge in [-0.1, -0.05) is 34.5 Å². The predicted molar refractivity (Wildman–Crippen MR) is 67.2 cm³/mol. The summed E-state index contributed by atoms with van der Waals surface area (Å²) in [6.45, 7) is 3.31. The molecule has 0 spiro atoms. The Morgan fingerprint density at radius 2 is 2.27 bits per heavy atom. The van der Waals surface area contributed by atoms with Crippen LogP contribution in [0.4, 0.5) is 0 Å². The van der Waals surface area contributed by atoms with Gasteiger partial charge in [0.05, 0.1) is 12.6 Å². The van der Waals surface area contributed by atoms with Gasteiger partial charge in [0.15, 0.2) is 0 Å². The highest BCUT2D eigenvalue weighted by Crippen LogP contribution is 2.25. The average molecular weight is 293 g/mol. The summed E-state index contributed by atoms with van der Waals surface area (Å²) in [5, 5.41) is 0.686. The van der Waals surface area contributed by atoms with Gasteiger partial charge >= 0.3 is 0 Å². The number of benzene rings is 1. The maximum atomic E-state index is 6.05. The third-order valence-electron chi connectivity index (χ3n) is 2.00. The summed E-state index contributed by atoms with van der Waals surface area (Å²) in [5.41, 5.74) is 6.89. The lowest BCUT2D eigenvalue weighted by Gasteiger charge is -2.14. The van der Waals surface area contributed by atoms with Crippen LogP contribution in [-0.2, 0) is 4.74 Å². The molecule has 0 aromatic heterocycles. The van der Waals surface area contributed by atoms with Gasteiger partial charge in [-0.15, -0.1) is 0 Å². The van der Waals surface area contributed by atoms with Crippen molar-refractivity contribution in [3.8, 4) is 0 Å². The Bertz CT molecular complexity index is 319. The predicted octanol–water partition coefficient (Wildman–Crippen LogP) is 3.53. The minimum Gasteiger partial charge on any atom is -0.379 e. The summed E-state index contributed by atoms with van der Waals surface area (Å²) < 4.78 is 6.37. The van der Waals surface area contributed by atoms with E-state index in [1.165, 1.54) is 0 Å². The molecule has 0 aliphatic carbocycles. The average Bonchev–Trinajstić information content (AvgIpc) is 2.22. The highest BCUT2D eigenvalue weighted by Gasteiger charge is 2.10. The van der Waals surface area contributed by atoms with Crippen LogP contribution in [0.25, 0.3) is 0 Å². The van der Waals surface area contributed by atoms with Crippen molar-refractivity contribution in [1.29, 1.82) is 0 Å². The number of hydrogen-bond acceptors (Lipinski definition) is 2. The molecule has 2 nitrogen and oxygen atoms in total. The number of hydrogen-bond donors (Lipinski definition) is 1. The van der Waals surface area contributed by atoms with E-state index in [4.69, 9.17) is 22.1 Å². The molecular weight excluding hydrogens is 277 g/mol. The summed E-state index contributed by atoms with van der Waals surface area (Å²) in [4.78, 5) is 0. The lowest BCUT2D eigenvalue weighted by molar-refractivity contribution is 0.121. The number of nitrogens with two attached hydrogens (primary N) is 1. The van der Waals surface area contributed by atoms with E-state index in [1.807, 2.05) is 18.2 Å². The first-order valence-corrected chi connectivity index (χ1v) is 6.10. The number of ether oxygens (including phenoxy) is 1. The summed E-state index contributed by atoms with van der Waals surface area (Å²) in [7, 11) is 0. The zero-order valence-corrected chi connectivity index (χ0v) is 11.0. The molecule has 1 atom stereocenters. The van der Waals surface area contributed by atoms with Crippen molar-refractivity contribution >= 4 is 27.5 Å². The molecule has 0 saturated heterocycles. The second kappa shape index (κ2) is 6.48. The molecule has 0 radical (unpaired) electrons. The minimum atomic E-state index is -0.165. The van der Waals surface area contributed by atoms with E-state index >= 15 is 0 Å². The van der Waals surface area contributed by atoms with Gasteiger partial charge < -0.3 is 10.5 Å². The van der Waals surface area contributed by atoms with E-state index in [2.05, 4.69) is 22.9 Å². The molecule has 84 valence electrons. The van der Waals surface area contributed by atoms with Gasteiger partial charge in [0.1, 0.15) is 0 Å². The van der Waals surface area contributed by atoms with Gasteiger partial charge in [0, 0.05) is 16.1 Å². The fraction of sp³-hybridized carbons (Fsp3) is 0.455. The monoisotopic (exact) mass is 291 g/mol. The molecule has 1 rings (SSSR count). The first-order chi connectivity index (χ1) is 7.15. The summed E-state index contributed by atoms with van der Waals surface area (Å²) >= 11 is 9.44. The molecule has 0 saturated carbocycles. The van der Waals surface area contributed by atoms with Crippen molar-refractivity contribution in [2.75, 3.05) is 13.2 Å². The normalized spacial score (nSPS) is 12.8. The summed E-state index contributed by atoms with van der Waals surface area (Å²) in [6.07, 6.45) is 0.999. The molecule has 0 fully saturated rings. The van der Waals surface area contributed by atoms with Crippen LogP contribution in [0.15, 0.2) is 22.7 Å². The van der Waals surface area contributed by atoms with Crippen LogP contribution in [0.2, 0.25) is 5.02 Å². The Morgan fingerprint density at radius 3 is 2.93 bits per heavy atom. The zero-order valence-electron chi connectivity index (χ0n) is 8.67. The van der Waals surface area contributed by atoms with Gasteiger partial charge in [-0.25, -0.2) is 0 Å². The van der Waals surface area contributed by atoms with Crippen molar-refractivity contribution < 1.29 is 4.74 Å². The van der Waals surface area contributed by atoms with Crippen LogP contribution < -0.4 is 5.73 Å². The van der Waals surface area contributed by atoms with E-state index in [-0.39, 0.29) is 6.04 Å². The van der Waals surface area contributed by atoms with Gasteiger partial charge in [-0.3, -0.25) is 0 Å². The smallest absolute Gasteiger partial charge is 0.0659 e. The molecule has 0 amide bonds. The molecule has 1 aromatic carbocycles. The highest BCUT2D eigenvalue weighted by molar-refractivity contribution is 9.10. The molecule has 15 heavy (non-hydrogen) atoms. The summed E-state index contributed by atoms with van der Waals surface area (Å²) in [6, 6.07) is 5.50. The molecule has 4 heteroatoms. The highest BCUT2D eigenvalue weighted by atomic mass is 79.9. The molecule has 0 aliphatic heterocycles. The van der Waals surface area contributed by atoms with Crippen LogP contribution in [0.5, 0.6) is 0 Å². The second-order valence-corrected chi connectivity index (χ2v) is 4.67. The Labute approximate surface area is 104 Å². The standard InChI is InChI=1S/C11H15BrClNO/c1-2-5-15-7-11(14)9-6-8(12)3-4-10(9)13/h3-4,6,11H,2,5,7,14H2,1H3. The van der Waals surface area contributed by atoms with Gasteiger partial charge in [-0.05, 0) is 30.2 Å². The Morgan fingerprint density at radius 1 is 1.53 bits per heavy atom. The maximum Gasteiger partial charge on any atom is 0.0659 e. The van der Waals surface area contributed by atoms with Gasteiger partial charge in [0.2, 0.25) is 0 Å². The fourth-order valence-corrected chi connectivity index (χ4v) is 1.88. The molecular formula is C11H15BrClNO. The molecule has 2 N–H and O–H groups in total. The second-order valence-electron chi connectivity index (χ2n) is 3.35. The van der Waals surface area contributed by atoms with Crippen LogP contribution in [0.1, 0.15) is 24.9 Å². The molecule has 0 aliphatic rings. The van der Waals surface area contributed by atoms with Gasteiger partial charge in [0.25, 0.3) is 0 Å². The van der Waals surface area contributed by atoms with Crippen molar-refractivity contribution in [3.05, 3.63) is 33.3 Å². The van der Waals surface area contributed by atoms with Gasteiger partial charge in [-0.2, -0.15) is 0 Å². The quantitative estimate of drug-likeness (QED) is 0.843. The third kappa shape index (κ3) is 4.11. The van der Waals surface area contributed by atoms with E-state index < -0.39 is 0 Å². The Hall–Kier alpha value is -0.0900. The fourth-order valence-electron chi connectivity index (χ4n) is 1.24. The van der Waals surface area contributed by atoms with Crippen molar-refractivity contribution in [1.82, 2.24) is 0 Å². The maximum absolute atomic E-state index is 6.05. The van der Waals surface area contributed by atoms with Crippen LogP contribution in [0, 0.1) is 0 Å². The molecule has 0 bridgehead atoms. The topological polar surface area (TPSA) is 35.2 Å². The van der Waals surface area contributed by atoms with E-state index in [1.54, 1.807) is 0 Å². The van der Waals surface area contributed by atoms with Crippen molar-refractivity contribution in [3.63, 3.8) is 0 Å². The first kappa shape index (κ1) is 13.0. The number of rotatable bonds is 5. The van der Waals surface area contributed by atoms with E-state index in [0.717, 1.165) is 23.1 Å². The third-order valence-corrected chi connectivity index (χ3v) is 2.84. The summed E-state index contributed by atoms with van der Waals surface area (Å²) in [5.74, 6) is 0. The van der Waals surface area contributed by atoms with E-state index in [9.17, 15) is 0 Å². The van der Waals surface area contributed by atoms with Crippen molar-refractivity contribution in [2.45, 2.75) is 19.4 Å². The molecule has 0 heterocycles. The molecule has 1 unspecified atom stereocenters. The lowest BCUT2D eigenvalue weighted by Crippen LogP contribution is -2.17. The zero-order chi connectivity index (χ0) is 11.3. The Balaban J connectivity index is 2.64. The number of halogens is 2. The van der Waals surface area contributed by atoms with Crippen LogP contribution in [-0.4, -0.2) is 13.2 Å². The lowest BCUT2D eigenvalue weighted by atomic mass is 10.1. The van der Waals surface area contributed by atoms with Crippen molar-refractivity contribution in [2.24, 2.45) is 5.73 Å². The largest absolute Gasteiger partial charge is 0.379 e. The molecule has 1 aromatic rings. The minimum absolute atomic E-state index is 0.165. The van der Waals surface area contributed by atoms with Crippen LogP contribution in [0.3, 0.4) is 0 Å². The first-order valence-electron chi connectivity index (χ1n) is 4.93. The van der Waals surface area contributed by atoms with E-state index in [0.29, 0.717) is 11.6 Å². The Kier molecular flexibility index (Phi) is 5.61. The SMILES string of the molecule is CCCOCC(N)c1cc(Br)ccc1Cl.